The van der Waals surface area contributed by atoms with E-state index in [2.05, 4.69) is 5.32 Å². The standard InChI is InChI=1S/C11H18NO/c13-8-12-11-7-3-5-9-4-1-2-6-10(9)11/h9-11H,1-7H2,(H,12,13). The van der Waals surface area contributed by atoms with Gasteiger partial charge in [0.2, 0.25) is 0 Å². The van der Waals surface area contributed by atoms with Gasteiger partial charge in [0.05, 0.1) is 0 Å². The van der Waals surface area contributed by atoms with Crippen LogP contribution in [0.3, 0.4) is 0 Å². The smallest absolute Gasteiger partial charge is 0.309 e. The molecule has 1 N–H and O–H groups in total. The van der Waals surface area contributed by atoms with E-state index in [1.165, 1.54) is 44.9 Å². The number of rotatable bonds is 2. The predicted molar refractivity (Wildman–Crippen MR) is 51.9 cm³/mol. The maximum absolute atomic E-state index is 10.3. The molecule has 73 valence electrons. The summed E-state index contributed by atoms with van der Waals surface area (Å²) in [5.41, 5.74) is 0. The molecule has 0 aromatic carbocycles. The van der Waals surface area contributed by atoms with Gasteiger partial charge in [-0.2, -0.15) is 0 Å². The highest BCUT2D eigenvalue weighted by molar-refractivity contribution is 5.47. The molecular formula is C11H18NO. The van der Waals surface area contributed by atoms with Gasteiger partial charge >= 0.3 is 6.41 Å². The largest absolute Gasteiger partial charge is 0.345 e. The Balaban J connectivity index is 1.98. The second-order valence-electron chi connectivity index (χ2n) is 4.49. The highest BCUT2D eigenvalue weighted by atomic mass is 16.1. The summed E-state index contributed by atoms with van der Waals surface area (Å²) in [6.07, 6.45) is 11.2. The van der Waals surface area contributed by atoms with Gasteiger partial charge in [0.1, 0.15) is 0 Å². The first-order valence-corrected chi connectivity index (χ1v) is 5.54. The van der Waals surface area contributed by atoms with Gasteiger partial charge in [0.15, 0.2) is 0 Å². The summed E-state index contributed by atoms with van der Waals surface area (Å²) in [6, 6.07) is 0.441. The zero-order chi connectivity index (χ0) is 9.10. The van der Waals surface area contributed by atoms with Gasteiger partial charge in [-0.1, -0.05) is 32.1 Å². The lowest BCUT2D eigenvalue weighted by Gasteiger charge is -2.40. The number of nitrogens with one attached hydrogen (secondary N) is 1. The van der Waals surface area contributed by atoms with Crippen LogP contribution in [0, 0.1) is 11.8 Å². The summed E-state index contributed by atoms with van der Waals surface area (Å²) in [4.78, 5) is 10.3. The summed E-state index contributed by atoms with van der Waals surface area (Å²) in [7, 11) is 0. The third-order valence-corrected chi connectivity index (χ3v) is 3.82. The van der Waals surface area contributed by atoms with Crippen molar-refractivity contribution >= 4 is 6.41 Å². The van der Waals surface area contributed by atoms with Crippen LogP contribution in [0.1, 0.15) is 44.9 Å². The van der Waals surface area contributed by atoms with E-state index in [-0.39, 0.29) is 0 Å². The minimum absolute atomic E-state index is 0.441. The number of hydrogen-bond acceptors (Lipinski definition) is 1. The highest BCUT2D eigenvalue weighted by Gasteiger charge is 2.34. The minimum atomic E-state index is 0.441. The third-order valence-electron chi connectivity index (χ3n) is 3.82. The average molecular weight is 180 g/mol. The topological polar surface area (TPSA) is 29.1 Å². The molecule has 3 atom stereocenters. The fraction of sp³-hybridized carbons (Fsp3) is 0.909. The molecule has 0 aromatic heterocycles. The lowest BCUT2D eigenvalue weighted by atomic mass is 9.68. The van der Waals surface area contributed by atoms with Crippen LogP contribution in [-0.2, 0) is 4.79 Å². The van der Waals surface area contributed by atoms with Crippen molar-refractivity contribution in [3.63, 3.8) is 0 Å². The Labute approximate surface area is 80.1 Å². The first kappa shape index (κ1) is 9.04. The molecule has 13 heavy (non-hydrogen) atoms. The summed E-state index contributed by atoms with van der Waals surface area (Å²) < 4.78 is 0. The normalized spacial score (nSPS) is 39.2. The van der Waals surface area contributed by atoms with Gasteiger partial charge in [-0.25, -0.2) is 0 Å². The number of amides is 1. The first-order chi connectivity index (χ1) is 6.42. The van der Waals surface area contributed by atoms with Crippen LogP contribution in [-0.4, -0.2) is 12.5 Å². The molecular weight excluding hydrogens is 162 g/mol. The molecule has 2 aliphatic carbocycles. The molecule has 2 heteroatoms. The SMILES string of the molecule is O=[C]NC1CCCC2CCCCC21. The lowest BCUT2D eigenvalue weighted by Crippen LogP contribution is -2.43. The molecule has 0 bridgehead atoms. The minimum Gasteiger partial charge on any atom is -0.345 e. The van der Waals surface area contributed by atoms with Crippen LogP contribution < -0.4 is 5.32 Å². The van der Waals surface area contributed by atoms with Gasteiger partial charge in [-0.3, -0.25) is 4.79 Å². The molecule has 3 unspecified atom stereocenters. The van der Waals surface area contributed by atoms with E-state index in [1.807, 2.05) is 6.41 Å². The van der Waals surface area contributed by atoms with Gasteiger partial charge in [-0.05, 0) is 24.7 Å². The molecule has 2 aliphatic rings. The molecule has 1 radical (unpaired) electrons. The number of fused-ring (bicyclic) bond motifs is 1. The molecule has 2 fully saturated rings. The van der Waals surface area contributed by atoms with Crippen LogP contribution in [0.15, 0.2) is 0 Å². The van der Waals surface area contributed by atoms with Crippen molar-refractivity contribution in [2.75, 3.05) is 0 Å². The van der Waals surface area contributed by atoms with Crippen LogP contribution >= 0.6 is 0 Å². The Morgan fingerprint density at radius 2 is 1.77 bits per heavy atom. The Morgan fingerprint density at radius 1 is 1.00 bits per heavy atom. The molecule has 2 nitrogen and oxygen atoms in total. The van der Waals surface area contributed by atoms with E-state index < -0.39 is 0 Å². The maximum atomic E-state index is 10.3. The van der Waals surface area contributed by atoms with Crippen molar-refractivity contribution in [2.45, 2.75) is 51.0 Å². The van der Waals surface area contributed by atoms with E-state index in [0.717, 1.165) is 11.8 Å². The predicted octanol–water partition coefficient (Wildman–Crippen LogP) is 2.00. The van der Waals surface area contributed by atoms with Crippen molar-refractivity contribution in [1.29, 1.82) is 0 Å². The Bertz CT molecular complexity index is 179. The molecule has 0 aromatic rings. The molecule has 2 saturated carbocycles. The molecule has 0 aliphatic heterocycles. The quantitative estimate of drug-likeness (QED) is 0.647. The fourth-order valence-corrected chi connectivity index (χ4v) is 3.19. The van der Waals surface area contributed by atoms with Crippen molar-refractivity contribution in [3.8, 4) is 0 Å². The van der Waals surface area contributed by atoms with Crippen LogP contribution in [0.4, 0.5) is 0 Å². The molecule has 1 amide bonds. The van der Waals surface area contributed by atoms with Gasteiger partial charge in [-0.15, -0.1) is 0 Å². The number of hydrogen-bond donors (Lipinski definition) is 1. The molecule has 0 saturated heterocycles. The first-order valence-electron chi connectivity index (χ1n) is 5.54. The van der Waals surface area contributed by atoms with Crippen molar-refractivity contribution in [1.82, 2.24) is 5.32 Å². The van der Waals surface area contributed by atoms with Crippen LogP contribution in [0.25, 0.3) is 0 Å². The van der Waals surface area contributed by atoms with Gasteiger partial charge in [0.25, 0.3) is 0 Å². The Morgan fingerprint density at radius 3 is 2.62 bits per heavy atom. The molecule has 0 spiro atoms. The average Bonchev–Trinajstić information content (AvgIpc) is 2.19. The number of carbonyl (C=O) groups excluding carboxylic acids is 1. The van der Waals surface area contributed by atoms with Crippen LogP contribution in [0.5, 0.6) is 0 Å². The van der Waals surface area contributed by atoms with Crippen molar-refractivity contribution in [3.05, 3.63) is 0 Å². The monoisotopic (exact) mass is 180 g/mol. The lowest BCUT2D eigenvalue weighted by molar-refractivity contribution is 0.136. The maximum Gasteiger partial charge on any atom is 0.309 e. The summed E-state index contributed by atoms with van der Waals surface area (Å²) in [6.45, 7) is 0. The van der Waals surface area contributed by atoms with E-state index in [9.17, 15) is 4.79 Å². The van der Waals surface area contributed by atoms with E-state index in [4.69, 9.17) is 0 Å². The van der Waals surface area contributed by atoms with Crippen LogP contribution in [0.2, 0.25) is 0 Å². The summed E-state index contributed by atoms with van der Waals surface area (Å²) in [5.74, 6) is 1.66. The Kier molecular flexibility index (Phi) is 2.87. The highest BCUT2D eigenvalue weighted by Crippen LogP contribution is 2.40. The van der Waals surface area contributed by atoms with E-state index in [1.54, 1.807) is 0 Å². The zero-order valence-corrected chi connectivity index (χ0v) is 8.09. The second kappa shape index (κ2) is 4.12. The van der Waals surface area contributed by atoms with E-state index >= 15 is 0 Å². The Hall–Kier alpha value is -0.530. The molecule has 2 rings (SSSR count). The second-order valence-corrected chi connectivity index (χ2v) is 4.49. The summed E-state index contributed by atoms with van der Waals surface area (Å²) in [5, 5.41) is 2.88. The van der Waals surface area contributed by atoms with Crippen molar-refractivity contribution < 1.29 is 4.79 Å². The van der Waals surface area contributed by atoms with Crippen molar-refractivity contribution in [2.24, 2.45) is 11.8 Å². The van der Waals surface area contributed by atoms with E-state index in [0.29, 0.717) is 6.04 Å². The third kappa shape index (κ3) is 1.87. The summed E-state index contributed by atoms with van der Waals surface area (Å²) >= 11 is 0. The van der Waals surface area contributed by atoms with Gasteiger partial charge < -0.3 is 5.32 Å². The molecule has 0 heterocycles. The van der Waals surface area contributed by atoms with Gasteiger partial charge in [0, 0.05) is 6.04 Å². The zero-order valence-electron chi connectivity index (χ0n) is 8.09. The fourth-order valence-electron chi connectivity index (χ4n) is 3.19.